The van der Waals surface area contributed by atoms with E-state index in [4.69, 9.17) is 14.6 Å². The minimum absolute atomic E-state index is 0.0417. The second-order valence-corrected chi connectivity index (χ2v) is 3.26. The summed E-state index contributed by atoms with van der Waals surface area (Å²) in [6, 6.07) is 0. The van der Waals surface area contributed by atoms with E-state index in [0.29, 0.717) is 18.8 Å². The van der Waals surface area contributed by atoms with E-state index in [-0.39, 0.29) is 18.6 Å². The van der Waals surface area contributed by atoms with Gasteiger partial charge in [0.15, 0.2) is 0 Å². The lowest BCUT2D eigenvalue weighted by molar-refractivity contribution is -0.139. The number of rotatable bonds is 5. The first kappa shape index (κ1) is 14.6. The van der Waals surface area contributed by atoms with Crippen LogP contribution in [0.15, 0.2) is 12.2 Å². The van der Waals surface area contributed by atoms with Crippen LogP contribution in [0.1, 0.15) is 6.92 Å². The van der Waals surface area contributed by atoms with Crippen molar-refractivity contribution in [3.63, 3.8) is 0 Å². The van der Waals surface area contributed by atoms with Crippen molar-refractivity contribution in [2.24, 2.45) is 0 Å². The third-order valence-electron chi connectivity index (χ3n) is 1.48. The van der Waals surface area contributed by atoms with Crippen molar-refractivity contribution in [2.75, 3.05) is 26.8 Å². The van der Waals surface area contributed by atoms with E-state index >= 15 is 0 Å². The highest BCUT2D eigenvalue weighted by atomic mass is 16.6. The lowest BCUT2D eigenvalue weighted by Gasteiger charge is -1.99. The molecule has 0 bridgehead atoms. The lowest BCUT2D eigenvalue weighted by Crippen LogP contribution is -2.16. The summed E-state index contributed by atoms with van der Waals surface area (Å²) < 4.78 is 9.60. The normalized spacial score (nSPS) is 16.8. The first-order chi connectivity index (χ1) is 7.47. The predicted octanol–water partition coefficient (Wildman–Crippen LogP) is -0.205. The Morgan fingerprint density at radius 2 is 2.19 bits per heavy atom. The number of nitrogens with one attached hydrogen (secondary N) is 1. The van der Waals surface area contributed by atoms with Crippen LogP contribution in [0.3, 0.4) is 0 Å². The van der Waals surface area contributed by atoms with E-state index in [9.17, 15) is 9.59 Å². The summed E-state index contributed by atoms with van der Waals surface area (Å²) in [6.45, 7) is 6.18. The largest absolute Gasteiger partial charge is 0.480 e. The molecule has 1 aliphatic heterocycles. The van der Waals surface area contributed by atoms with Gasteiger partial charge >= 0.3 is 11.9 Å². The number of esters is 1. The molecule has 16 heavy (non-hydrogen) atoms. The summed E-state index contributed by atoms with van der Waals surface area (Å²) in [5.41, 5.74) is 0.431. The molecule has 0 aromatic rings. The minimum atomic E-state index is -0.822. The van der Waals surface area contributed by atoms with Crippen LogP contribution < -0.4 is 5.32 Å². The number of hydrogen-bond acceptors (Lipinski definition) is 5. The monoisotopic (exact) mass is 231 g/mol. The first-order valence-electron chi connectivity index (χ1n) is 4.78. The van der Waals surface area contributed by atoms with Gasteiger partial charge in [0.1, 0.15) is 12.7 Å². The Balaban J connectivity index is 0.000000325. The summed E-state index contributed by atoms with van der Waals surface area (Å²) in [5.74, 6) is -1.16. The highest BCUT2D eigenvalue weighted by Gasteiger charge is 2.24. The number of carbonyl (C=O) groups is 2. The van der Waals surface area contributed by atoms with Crippen LogP contribution in [0.25, 0.3) is 0 Å². The SMILES string of the molecule is C=C(C)C(=O)OCC1CO1.CNCC(=O)O. The van der Waals surface area contributed by atoms with Crippen LogP contribution in [-0.4, -0.2) is 50.0 Å². The van der Waals surface area contributed by atoms with Crippen LogP contribution in [0.2, 0.25) is 0 Å². The Hall–Kier alpha value is -1.40. The van der Waals surface area contributed by atoms with Gasteiger partial charge < -0.3 is 19.9 Å². The summed E-state index contributed by atoms with van der Waals surface area (Å²) in [4.78, 5) is 20.2. The van der Waals surface area contributed by atoms with Gasteiger partial charge in [-0.2, -0.15) is 0 Å². The Bertz CT molecular complexity index is 260. The van der Waals surface area contributed by atoms with Gasteiger partial charge in [-0.05, 0) is 14.0 Å². The first-order valence-corrected chi connectivity index (χ1v) is 4.78. The third-order valence-corrected chi connectivity index (χ3v) is 1.48. The quantitative estimate of drug-likeness (QED) is 0.387. The number of ether oxygens (including phenoxy) is 2. The molecule has 1 aliphatic rings. The molecule has 0 aliphatic carbocycles. The molecule has 0 spiro atoms. The van der Waals surface area contributed by atoms with Crippen LogP contribution >= 0.6 is 0 Å². The fourth-order valence-electron chi connectivity index (χ4n) is 0.607. The molecule has 1 unspecified atom stereocenters. The molecule has 2 N–H and O–H groups in total. The van der Waals surface area contributed by atoms with Crippen molar-refractivity contribution in [2.45, 2.75) is 13.0 Å². The van der Waals surface area contributed by atoms with Crippen molar-refractivity contribution in [3.8, 4) is 0 Å². The molecule has 0 amide bonds. The Labute approximate surface area is 94.2 Å². The molecule has 1 fully saturated rings. The smallest absolute Gasteiger partial charge is 0.333 e. The van der Waals surface area contributed by atoms with Crippen LogP contribution in [0.5, 0.6) is 0 Å². The number of carboxylic acid groups (broad SMARTS) is 1. The maximum atomic E-state index is 10.7. The standard InChI is InChI=1S/C7H10O3.C3H7NO2/c1-5(2)7(8)10-4-6-3-9-6;1-4-2-3(5)6/h6H,1,3-4H2,2H3;4H,2H2,1H3,(H,5,6). The van der Waals surface area contributed by atoms with E-state index in [2.05, 4.69) is 11.9 Å². The number of carbonyl (C=O) groups excluding carboxylic acids is 1. The molecule has 0 radical (unpaired) electrons. The van der Waals surface area contributed by atoms with E-state index < -0.39 is 5.97 Å². The number of hydrogen-bond donors (Lipinski definition) is 2. The molecular weight excluding hydrogens is 214 g/mol. The molecule has 6 heteroatoms. The molecule has 0 aromatic heterocycles. The van der Waals surface area contributed by atoms with E-state index in [1.54, 1.807) is 14.0 Å². The molecule has 1 atom stereocenters. The van der Waals surface area contributed by atoms with E-state index in [1.165, 1.54) is 0 Å². The van der Waals surface area contributed by atoms with Crippen molar-refractivity contribution in [3.05, 3.63) is 12.2 Å². The van der Waals surface area contributed by atoms with E-state index in [0.717, 1.165) is 0 Å². The number of carboxylic acids is 1. The predicted molar refractivity (Wildman–Crippen MR) is 57.1 cm³/mol. The fraction of sp³-hybridized carbons (Fsp3) is 0.600. The Morgan fingerprint density at radius 3 is 2.44 bits per heavy atom. The average molecular weight is 231 g/mol. The maximum absolute atomic E-state index is 10.7. The van der Waals surface area contributed by atoms with Gasteiger partial charge in [0, 0.05) is 5.57 Å². The van der Waals surface area contributed by atoms with Gasteiger partial charge in [0.05, 0.1) is 13.2 Å². The van der Waals surface area contributed by atoms with Crippen molar-refractivity contribution < 1.29 is 24.2 Å². The van der Waals surface area contributed by atoms with Crippen molar-refractivity contribution >= 4 is 11.9 Å². The van der Waals surface area contributed by atoms with Gasteiger partial charge in [0.25, 0.3) is 0 Å². The van der Waals surface area contributed by atoms with Crippen molar-refractivity contribution in [1.82, 2.24) is 5.32 Å². The molecule has 1 rings (SSSR count). The highest BCUT2D eigenvalue weighted by Crippen LogP contribution is 2.09. The molecule has 6 nitrogen and oxygen atoms in total. The lowest BCUT2D eigenvalue weighted by atomic mass is 10.4. The Kier molecular flexibility index (Phi) is 7.15. The summed E-state index contributed by atoms with van der Waals surface area (Å²) >= 11 is 0. The van der Waals surface area contributed by atoms with Crippen LogP contribution in [-0.2, 0) is 19.1 Å². The third kappa shape index (κ3) is 9.17. The van der Waals surface area contributed by atoms with Crippen LogP contribution in [0.4, 0.5) is 0 Å². The molecule has 0 aromatic carbocycles. The van der Waals surface area contributed by atoms with Crippen molar-refractivity contribution in [1.29, 1.82) is 0 Å². The number of likely N-dealkylation sites (N-methyl/N-ethyl adjacent to an activating group) is 1. The minimum Gasteiger partial charge on any atom is -0.480 e. The second kappa shape index (κ2) is 7.84. The van der Waals surface area contributed by atoms with Crippen LogP contribution in [0, 0.1) is 0 Å². The number of aliphatic carboxylic acids is 1. The summed E-state index contributed by atoms with van der Waals surface area (Å²) in [7, 11) is 1.59. The highest BCUT2D eigenvalue weighted by molar-refractivity contribution is 5.86. The summed E-state index contributed by atoms with van der Waals surface area (Å²) in [5, 5.41) is 10.3. The topological polar surface area (TPSA) is 88.2 Å². The molecule has 1 heterocycles. The molecule has 0 saturated carbocycles. The zero-order valence-electron chi connectivity index (χ0n) is 9.49. The maximum Gasteiger partial charge on any atom is 0.333 e. The van der Waals surface area contributed by atoms with Gasteiger partial charge in [0.2, 0.25) is 0 Å². The summed E-state index contributed by atoms with van der Waals surface area (Å²) in [6.07, 6.45) is 0.142. The molecule has 92 valence electrons. The van der Waals surface area contributed by atoms with Gasteiger partial charge in [-0.1, -0.05) is 6.58 Å². The second-order valence-electron chi connectivity index (χ2n) is 3.26. The van der Waals surface area contributed by atoms with Gasteiger partial charge in [-0.3, -0.25) is 4.79 Å². The van der Waals surface area contributed by atoms with E-state index in [1.807, 2.05) is 0 Å². The zero-order valence-corrected chi connectivity index (χ0v) is 9.49. The average Bonchev–Trinajstić information content (AvgIpc) is 2.98. The molecule has 1 saturated heterocycles. The number of epoxide rings is 1. The van der Waals surface area contributed by atoms with Gasteiger partial charge in [-0.15, -0.1) is 0 Å². The van der Waals surface area contributed by atoms with Gasteiger partial charge in [-0.25, -0.2) is 4.79 Å². The zero-order chi connectivity index (χ0) is 12.6. The Morgan fingerprint density at radius 1 is 1.62 bits per heavy atom. The fourth-order valence-corrected chi connectivity index (χ4v) is 0.607. The molecular formula is C10H17NO5.